The molecule has 0 radical (unpaired) electrons. The first kappa shape index (κ1) is 10.9. The van der Waals surface area contributed by atoms with Crippen molar-refractivity contribution in [3.05, 3.63) is 0 Å². The zero-order chi connectivity index (χ0) is 9.90. The highest BCUT2D eigenvalue weighted by molar-refractivity contribution is 4.87. The van der Waals surface area contributed by atoms with Gasteiger partial charge in [-0.3, -0.25) is 0 Å². The average molecular weight is 191 g/mol. The normalized spacial score (nSPS) is 27.9. The summed E-state index contributed by atoms with van der Waals surface area (Å²) >= 11 is 0. The summed E-state index contributed by atoms with van der Waals surface area (Å²) in [6.45, 7) is 4.17. The lowest BCUT2D eigenvalue weighted by Gasteiger charge is -2.39. The largest absolute Gasteiger partial charge is 0.308 e. The van der Waals surface area contributed by atoms with Gasteiger partial charge in [-0.05, 0) is 18.3 Å². The third kappa shape index (κ3) is 3.22. The fourth-order valence-corrected chi connectivity index (χ4v) is 2.10. The Morgan fingerprint density at radius 2 is 2.08 bits per heavy atom. The molecule has 0 bridgehead atoms. The van der Waals surface area contributed by atoms with Crippen LogP contribution in [0.2, 0.25) is 0 Å². The third-order valence-corrected chi connectivity index (χ3v) is 3.03. The van der Waals surface area contributed by atoms with Gasteiger partial charge in [0.1, 0.15) is 0 Å². The van der Waals surface area contributed by atoms with Crippen LogP contribution in [0.4, 0.5) is 8.78 Å². The molecule has 78 valence electrons. The minimum Gasteiger partial charge on any atom is -0.308 e. The van der Waals surface area contributed by atoms with Gasteiger partial charge in [0.25, 0.3) is 6.43 Å². The van der Waals surface area contributed by atoms with Gasteiger partial charge < -0.3 is 5.32 Å². The Labute approximate surface area is 78.9 Å². The molecule has 0 aliphatic heterocycles. The summed E-state index contributed by atoms with van der Waals surface area (Å²) in [7, 11) is 0. The van der Waals surface area contributed by atoms with E-state index in [1.807, 2.05) is 0 Å². The minimum absolute atomic E-state index is 0.159. The number of rotatable bonds is 3. The topological polar surface area (TPSA) is 12.0 Å². The maximum atomic E-state index is 12.0. The van der Waals surface area contributed by atoms with Crippen molar-refractivity contribution in [3.63, 3.8) is 0 Å². The van der Waals surface area contributed by atoms with Crippen molar-refractivity contribution >= 4 is 0 Å². The van der Waals surface area contributed by atoms with Gasteiger partial charge in [0, 0.05) is 6.04 Å². The smallest absolute Gasteiger partial charge is 0.250 e. The summed E-state index contributed by atoms with van der Waals surface area (Å²) in [5.41, 5.74) is 0.188. The Kier molecular flexibility index (Phi) is 3.65. The van der Waals surface area contributed by atoms with Gasteiger partial charge in [0.15, 0.2) is 0 Å². The van der Waals surface area contributed by atoms with E-state index in [1.165, 1.54) is 12.8 Å². The van der Waals surface area contributed by atoms with E-state index in [0.29, 0.717) is 0 Å². The van der Waals surface area contributed by atoms with Crippen LogP contribution in [0.3, 0.4) is 0 Å². The molecule has 1 fully saturated rings. The van der Waals surface area contributed by atoms with Gasteiger partial charge in [0.2, 0.25) is 0 Å². The molecular weight excluding hydrogens is 172 g/mol. The first-order chi connectivity index (χ1) is 6.02. The summed E-state index contributed by atoms with van der Waals surface area (Å²) in [5.74, 6) is 0. The van der Waals surface area contributed by atoms with E-state index in [-0.39, 0.29) is 18.0 Å². The molecule has 1 aliphatic carbocycles. The second kappa shape index (κ2) is 4.36. The van der Waals surface area contributed by atoms with Crippen molar-refractivity contribution in [3.8, 4) is 0 Å². The van der Waals surface area contributed by atoms with Crippen LogP contribution in [0.5, 0.6) is 0 Å². The Hall–Kier alpha value is -0.180. The molecule has 0 aromatic heterocycles. The Bertz CT molecular complexity index is 157. The highest BCUT2D eigenvalue weighted by Gasteiger charge is 2.31. The molecular formula is C10H19F2N. The number of nitrogens with one attached hydrogen (secondary N) is 1. The van der Waals surface area contributed by atoms with Gasteiger partial charge >= 0.3 is 0 Å². The third-order valence-electron chi connectivity index (χ3n) is 3.03. The molecule has 1 aliphatic rings. The van der Waals surface area contributed by atoms with Crippen LogP contribution < -0.4 is 5.32 Å². The van der Waals surface area contributed by atoms with E-state index >= 15 is 0 Å². The highest BCUT2D eigenvalue weighted by atomic mass is 19.3. The van der Waals surface area contributed by atoms with Crippen molar-refractivity contribution in [1.82, 2.24) is 5.32 Å². The SMILES string of the molecule is CC1(C)CCCCC1NCC(F)F. The monoisotopic (exact) mass is 191 g/mol. The van der Waals surface area contributed by atoms with E-state index in [0.717, 1.165) is 12.8 Å². The Balaban J connectivity index is 2.37. The zero-order valence-corrected chi connectivity index (χ0v) is 8.45. The molecule has 0 spiro atoms. The second-order valence-electron chi connectivity index (χ2n) is 4.59. The summed E-state index contributed by atoms with van der Waals surface area (Å²) in [4.78, 5) is 0. The molecule has 0 heterocycles. The van der Waals surface area contributed by atoms with Crippen LogP contribution >= 0.6 is 0 Å². The molecule has 1 saturated carbocycles. The van der Waals surface area contributed by atoms with Crippen molar-refractivity contribution in [2.75, 3.05) is 6.54 Å². The molecule has 3 heteroatoms. The fourth-order valence-electron chi connectivity index (χ4n) is 2.10. The predicted octanol–water partition coefficient (Wildman–Crippen LogP) is 2.81. The zero-order valence-electron chi connectivity index (χ0n) is 8.45. The van der Waals surface area contributed by atoms with E-state index in [2.05, 4.69) is 19.2 Å². The van der Waals surface area contributed by atoms with Crippen LogP contribution in [0.1, 0.15) is 39.5 Å². The number of hydrogen-bond acceptors (Lipinski definition) is 1. The maximum absolute atomic E-state index is 12.0. The lowest BCUT2D eigenvalue weighted by Crippen LogP contribution is -2.45. The minimum atomic E-state index is -2.22. The van der Waals surface area contributed by atoms with Crippen LogP contribution in [0, 0.1) is 5.41 Å². The number of halogens is 2. The molecule has 0 aromatic rings. The number of hydrogen-bond donors (Lipinski definition) is 1. The van der Waals surface area contributed by atoms with Crippen molar-refractivity contribution in [1.29, 1.82) is 0 Å². The van der Waals surface area contributed by atoms with Gasteiger partial charge in [-0.15, -0.1) is 0 Å². The molecule has 13 heavy (non-hydrogen) atoms. The molecule has 0 aromatic carbocycles. The molecule has 1 atom stereocenters. The van der Waals surface area contributed by atoms with E-state index in [4.69, 9.17) is 0 Å². The predicted molar refractivity (Wildman–Crippen MR) is 50.0 cm³/mol. The number of alkyl halides is 2. The lowest BCUT2D eigenvalue weighted by molar-refractivity contribution is 0.110. The van der Waals surface area contributed by atoms with Gasteiger partial charge in [-0.2, -0.15) is 0 Å². The summed E-state index contributed by atoms with van der Waals surface area (Å²) < 4.78 is 24.0. The molecule has 0 amide bonds. The summed E-state index contributed by atoms with van der Waals surface area (Å²) in [5, 5.41) is 2.96. The highest BCUT2D eigenvalue weighted by Crippen LogP contribution is 2.35. The van der Waals surface area contributed by atoms with E-state index < -0.39 is 6.43 Å². The second-order valence-corrected chi connectivity index (χ2v) is 4.59. The summed E-state index contributed by atoms with van der Waals surface area (Å²) in [6, 6.07) is 0.273. The molecule has 1 unspecified atom stereocenters. The van der Waals surface area contributed by atoms with Crippen LogP contribution in [-0.2, 0) is 0 Å². The lowest BCUT2D eigenvalue weighted by atomic mass is 9.73. The molecule has 0 saturated heterocycles. The van der Waals surface area contributed by atoms with Crippen LogP contribution in [0.15, 0.2) is 0 Å². The molecule has 1 N–H and O–H groups in total. The van der Waals surface area contributed by atoms with Crippen LogP contribution in [-0.4, -0.2) is 19.0 Å². The van der Waals surface area contributed by atoms with Crippen LogP contribution in [0.25, 0.3) is 0 Å². The Morgan fingerprint density at radius 1 is 1.38 bits per heavy atom. The van der Waals surface area contributed by atoms with E-state index in [9.17, 15) is 8.78 Å². The van der Waals surface area contributed by atoms with Crippen molar-refractivity contribution < 1.29 is 8.78 Å². The van der Waals surface area contributed by atoms with Crippen molar-refractivity contribution in [2.24, 2.45) is 5.41 Å². The Morgan fingerprint density at radius 3 is 2.62 bits per heavy atom. The average Bonchev–Trinajstić information content (AvgIpc) is 2.01. The van der Waals surface area contributed by atoms with Gasteiger partial charge in [-0.1, -0.05) is 26.7 Å². The van der Waals surface area contributed by atoms with Gasteiger partial charge in [-0.25, -0.2) is 8.78 Å². The molecule has 1 nitrogen and oxygen atoms in total. The maximum Gasteiger partial charge on any atom is 0.250 e. The van der Waals surface area contributed by atoms with E-state index in [1.54, 1.807) is 0 Å². The first-order valence-corrected chi connectivity index (χ1v) is 5.04. The standard InChI is InChI=1S/C10H19F2N/c1-10(2)6-4-3-5-8(10)13-7-9(11)12/h8-9,13H,3-7H2,1-2H3. The first-order valence-electron chi connectivity index (χ1n) is 5.04. The quantitative estimate of drug-likeness (QED) is 0.723. The summed E-state index contributed by atoms with van der Waals surface area (Å²) in [6.07, 6.45) is 2.37. The fraction of sp³-hybridized carbons (Fsp3) is 1.00. The van der Waals surface area contributed by atoms with Crippen molar-refractivity contribution in [2.45, 2.75) is 52.0 Å². The van der Waals surface area contributed by atoms with Gasteiger partial charge in [0.05, 0.1) is 6.54 Å². The molecule has 1 rings (SSSR count).